The van der Waals surface area contributed by atoms with Gasteiger partial charge in [-0.05, 0) is 57.5 Å². The summed E-state index contributed by atoms with van der Waals surface area (Å²) in [4.78, 5) is 14.5. The number of piperidine rings is 1. The summed E-state index contributed by atoms with van der Waals surface area (Å²) >= 11 is 0. The number of nitrogens with one attached hydrogen (secondary N) is 1. The highest BCUT2D eigenvalue weighted by Crippen LogP contribution is 2.22. The molecule has 1 heterocycles. The van der Waals surface area contributed by atoms with Crippen LogP contribution in [0, 0.1) is 11.8 Å². The van der Waals surface area contributed by atoms with Crippen LogP contribution in [-0.4, -0.2) is 49.7 Å². The summed E-state index contributed by atoms with van der Waals surface area (Å²) in [6.07, 6.45) is 4.40. The number of hydrogen-bond acceptors (Lipinski definition) is 4. The third-order valence-electron chi connectivity index (χ3n) is 4.55. The maximum atomic E-state index is 11.9. The third-order valence-corrected chi connectivity index (χ3v) is 4.55. The Bertz CT molecular complexity index is 312. The number of rotatable bonds is 8. The van der Waals surface area contributed by atoms with Crippen LogP contribution in [0.25, 0.3) is 0 Å². The zero-order valence-electron chi connectivity index (χ0n) is 14.6. The minimum atomic E-state index is -0.536. The van der Waals surface area contributed by atoms with Crippen molar-refractivity contribution in [2.45, 2.75) is 58.9 Å². The van der Waals surface area contributed by atoms with Gasteiger partial charge in [0.1, 0.15) is 5.54 Å². The highest BCUT2D eigenvalue weighted by Gasteiger charge is 2.32. The van der Waals surface area contributed by atoms with Crippen LogP contribution < -0.4 is 5.32 Å². The lowest BCUT2D eigenvalue weighted by Crippen LogP contribution is -2.50. The van der Waals surface area contributed by atoms with Gasteiger partial charge in [-0.2, -0.15) is 0 Å². The number of methoxy groups -OCH3 is 1. The lowest BCUT2D eigenvalue weighted by Gasteiger charge is -2.35. The maximum absolute atomic E-state index is 11.9. The maximum Gasteiger partial charge on any atom is 0.325 e. The number of carbonyl (C=O) groups excluding carboxylic acids is 1. The van der Waals surface area contributed by atoms with Crippen molar-refractivity contribution in [3.63, 3.8) is 0 Å². The molecule has 1 rings (SSSR count). The third kappa shape index (κ3) is 5.95. The predicted octanol–water partition coefficient (Wildman–Crippen LogP) is 2.68. The highest BCUT2D eigenvalue weighted by atomic mass is 16.5. The van der Waals surface area contributed by atoms with Crippen molar-refractivity contribution < 1.29 is 9.53 Å². The Morgan fingerprint density at radius 1 is 1.29 bits per heavy atom. The second-order valence-corrected chi connectivity index (χ2v) is 7.02. The van der Waals surface area contributed by atoms with E-state index in [-0.39, 0.29) is 5.97 Å². The minimum Gasteiger partial charge on any atom is -0.468 e. The van der Waals surface area contributed by atoms with Crippen molar-refractivity contribution in [1.29, 1.82) is 0 Å². The summed E-state index contributed by atoms with van der Waals surface area (Å²) in [5.41, 5.74) is -0.536. The molecule has 4 heteroatoms. The summed E-state index contributed by atoms with van der Waals surface area (Å²) < 4.78 is 4.93. The molecule has 1 aliphatic rings. The van der Waals surface area contributed by atoms with E-state index in [9.17, 15) is 4.79 Å². The fourth-order valence-electron chi connectivity index (χ4n) is 3.67. The van der Waals surface area contributed by atoms with Crippen LogP contribution in [0.2, 0.25) is 0 Å². The monoisotopic (exact) mass is 298 g/mol. The average Bonchev–Trinajstić information content (AvgIpc) is 2.42. The van der Waals surface area contributed by atoms with Crippen molar-refractivity contribution in [3.05, 3.63) is 0 Å². The fourth-order valence-corrected chi connectivity index (χ4v) is 3.67. The van der Waals surface area contributed by atoms with Gasteiger partial charge >= 0.3 is 5.97 Å². The number of likely N-dealkylation sites (N-methyl/N-ethyl adjacent to an activating group) is 1. The molecule has 1 N–H and O–H groups in total. The second-order valence-electron chi connectivity index (χ2n) is 7.02. The van der Waals surface area contributed by atoms with Crippen molar-refractivity contribution in [2.24, 2.45) is 11.8 Å². The lowest BCUT2D eigenvalue weighted by molar-refractivity contribution is -0.148. The van der Waals surface area contributed by atoms with Gasteiger partial charge in [-0.25, -0.2) is 0 Å². The first-order valence-corrected chi connectivity index (χ1v) is 8.47. The van der Waals surface area contributed by atoms with Crippen molar-refractivity contribution >= 4 is 5.97 Å². The summed E-state index contributed by atoms with van der Waals surface area (Å²) in [7, 11) is 1.47. The van der Waals surface area contributed by atoms with E-state index < -0.39 is 5.54 Å². The number of hydrogen-bond donors (Lipinski definition) is 1. The zero-order chi connectivity index (χ0) is 15.9. The van der Waals surface area contributed by atoms with E-state index in [4.69, 9.17) is 4.74 Å². The minimum absolute atomic E-state index is 0.149. The Morgan fingerprint density at radius 2 is 1.90 bits per heavy atom. The first kappa shape index (κ1) is 18.4. The molecule has 0 radical (unpaired) electrons. The Morgan fingerprint density at radius 3 is 2.43 bits per heavy atom. The molecule has 0 saturated carbocycles. The van der Waals surface area contributed by atoms with Crippen LogP contribution in [0.3, 0.4) is 0 Å². The molecular weight excluding hydrogens is 264 g/mol. The summed E-state index contributed by atoms with van der Waals surface area (Å²) in [6, 6.07) is 0. The molecule has 0 bridgehead atoms. The zero-order valence-corrected chi connectivity index (χ0v) is 14.6. The number of unbranched alkanes of at least 4 members (excludes halogenated alkanes) is 1. The molecule has 0 spiro atoms. The van der Waals surface area contributed by atoms with Gasteiger partial charge in [0.15, 0.2) is 0 Å². The van der Waals surface area contributed by atoms with E-state index in [1.165, 1.54) is 26.6 Å². The molecule has 0 aromatic heterocycles. The van der Waals surface area contributed by atoms with Gasteiger partial charge in [0.25, 0.3) is 0 Å². The number of carbonyl (C=O) groups is 1. The molecule has 3 unspecified atom stereocenters. The number of esters is 1. The SMILES string of the molecule is CCNC(C)(CCCCN1CC(C)CC(C)C1)C(=O)OC. The van der Waals surface area contributed by atoms with E-state index in [0.717, 1.165) is 44.2 Å². The fraction of sp³-hybridized carbons (Fsp3) is 0.941. The van der Waals surface area contributed by atoms with Crippen molar-refractivity contribution in [2.75, 3.05) is 33.3 Å². The summed E-state index contributed by atoms with van der Waals surface area (Å²) in [6.45, 7) is 13.1. The summed E-state index contributed by atoms with van der Waals surface area (Å²) in [5.74, 6) is 1.48. The van der Waals surface area contributed by atoms with Crippen LogP contribution in [0.15, 0.2) is 0 Å². The smallest absolute Gasteiger partial charge is 0.325 e. The van der Waals surface area contributed by atoms with Gasteiger partial charge in [-0.15, -0.1) is 0 Å². The number of likely N-dealkylation sites (tertiary alicyclic amines) is 1. The van der Waals surface area contributed by atoms with Crippen molar-refractivity contribution in [3.8, 4) is 0 Å². The number of ether oxygens (including phenoxy) is 1. The quantitative estimate of drug-likeness (QED) is 0.552. The molecule has 0 aromatic carbocycles. The number of nitrogens with zero attached hydrogens (tertiary/aromatic N) is 1. The molecule has 1 aliphatic heterocycles. The highest BCUT2D eigenvalue weighted by molar-refractivity contribution is 5.80. The first-order chi connectivity index (χ1) is 9.91. The molecule has 0 amide bonds. The molecule has 0 aliphatic carbocycles. The van der Waals surface area contributed by atoms with Crippen LogP contribution >= 0.6 is 0 Å². The topological polar surface area (TPSA) is 41.6 Å². The molecule has 21 heavy (non-hydrogen) atoms. The van der Waals surface area contributed by atoms with Crippen LogP contribution in [0.1, 0.15) is 53.4 Å². The van der Waals surface area contributed by atoms with Crippen LogP contribution in [-0.2, 0) is 9.53 Å². The van der Waals surface area contributed by atoms with Crippen molar-refractivity contribution in [1.82, 2.24) is 10.2 Å². The van der Waals surface area contributed by atoms with E-state index in [1.807, 2.05) is 13.8 Å². The van der Waals surface area contributed by atoms with Crippen LogP contribution in [0.4, 0.5) is 0 Å². The van der Waals surface area contributed by atoms with E-state index in [2.05, 4.69) is 24.1 Å². The Hall–Kier alpha value is -0.610. The predicted molar refractivity (Wildman–Crippen MR) is 87.3 cm³/mol. The molecule has 124 valence electrons. The largest absolute Gasteiger partial charge is 0.468 e. The average molecular weight is 298 g/mol. The standard InChI is InChI=1S/C17H34N2O2/c1-6-18-17(4,16(20)21-5)9-7-8-10-19-12-14(2)11-15(3)13-19/h14-15,18H,6-13H2,1-5H3. The van der Waals surface area contributed by atoms with Gasteiger partial charge in [0.05, 0.1) is 7.11 Å². The second kappa shape index (κ2) is 8.74. The van der Waals surface area contributed by atoms with Gasteiger partial charge in [0.2, 0.25) is 0 Å². The van der Waals surface area contributed by atoms with E-state index >= 15 is 0 Å². The molecule has 4 nitrogen and oxygen atoms in total. The Labute approximate surface area is 130 Å². The normalized spacial score (nSPS) is 26.3. The Balaban J connectivity index is 2.32. The molecule has 0 aromatic rings. The van der Waals surface area contributed by atoms with Gasteiger partial charge < -0.3 is 15.0 Å². The molecule has 1 fully saturated rings. The Kier molecular flexibility index (Phi) is 7.67. The first-order valence-electron chi connectivity index (χ1n) is 8.47. The molecule has 3 atom stereocenters. The van der Waals surface area contributed by atoms with Gasteiger partial charge in [-0.3, -0.25) is 4.79 Å². The van der Waals surface area contributed by atoms with Gasteiger partial charge in [0, 0.05) is 13.1 Å². The van der Waals surface area contributed by atoms with E-state index in [1.54, 1.807) is 0 Å². The summed E-state index contributed by atoms with van der Waals surface area (Å²) in [5, 5.41) is 3.27. The van der Waals surface area contributed by atoms with Crippen LogP contribution in [0.5, 0.6) is 0 Å². The van der Waals surface area contributed by atoms with E-state index in [0.29, 0.717) is 0 Å². The van der Waals surface area contributed by atoms with Gasteiger partial charge in [-0.1, -0.05) is 20.8 Å². The molecular formula is C17H34N2O2. The lowest BCUT2D eigenvalue weighted by atomic mass is 9.91. The molecule has 1 saturated heterocycles.